The smallest absolute Gasteiger partial charge is 0.493 e. The molecule has 0 radical (unpaired) electrons. The Morgan fingerprint density at radius 1 is 1.03 bits per heavy atom. The number of likely N-dealkylation sites (N-methyl/N-ethyl adjacent to an activating group) is 1. The van der Waals surface area contributed by atoms with E-state index in [2.05, 4.69) is 9.64 Å². The predicted octanol–water partition coefficient (Wildman–Crippen LogP) is 5.30. The fourth-order valence-corrected chi connectivity index (χ4v) is 4.21. The second-order valence-corrected chi connectivity index (χ2v) is 8.35. The molecule has 2 aromatic carbocycles. The molecule has 0 amide bonds. The van der Waals surface area contributed by atoms with Crippen molar-refractivity contribution in [3.8, 4) is 17.2 Å². The fraction of sp³-hybridized carbons (Fsp3) is 0.480. The first-order valence-electron chi connectivity index (χ1n) is 11.0. The number of rotatable bonds is 10. The second-order valence-electron chi connectivity index (χ2n) is 8.35. The van der Waals surface area contributed by atoms with Crippen molar-refractivity contribution in [2.24, 2.45) is 5.92 Å². The van der Waals surface area contributed by atoms with Crippen LogP contribution in [0.4, 0.5) is 13.2 Å². The normalized spacial score (nSPS) is 16.0. The summed E-state index contributed by atoms with van der Waals surface area (Å²) in [5, 5.41) is 0. The first-order valence-corrected chi connectivity index (χ1v) is 11.0. The van der Waals surface area contributed by atoms with Crippen LogP contribution >= 0.6 is 0 Å². The van der Waals surface area contributed by atoms with Gasteiger partial charge in [0, 0.05) is 18.0 Å². The first kappa shape index (κ1) is 24.9. The summed E-state index contributed by atoms with van der Waals surface area (Å²) in [6.07, 6.45) is -0.565. The van der Waals surface area contributed by atoms with E-state index in [1.807, 2.05) is 13.1 Å². The Labute approximate surface area is 192 Å². The van der Waals surface area contributed by atoms with Crippen molar-refractivity contribution in [1.82, 2.24) is 4.90 Å². The highest BCUT2D eigenvalue weighted by Gasteiger charge is 2.31. The molecule has 0 fully saturated rings. The standard InChI is InChI=1S/C25H30F3NO4/c1-29(14-12-17-6-10-20(11-7-17)33-25(26,27)28)13-4-5-18-8-9-19-15-22(31-2)23(32-3)16-21(19)24(18)30/h6-7,10-11,15-16,18H,4-5,8-9,12-14H2,1-3H3. The fourth-order valence-electron chi connectivity index (χ4n) is 4.21. The molecule has 1 unspecified atom stereocenters. The Morgan fingerprint density at radius 2 is 1.70 bits per heavy atom. The van der Waals surface area contributed by atoms with Crippen molar-refractivity contribution in [3.05, 3.63) is 53.1 Å². The van der Waals surface area contributed by atoms with Gasteiger partial charge in [0.25, 0.3) is 0 Å². The van der Waals surface area contributed by atoms with Gasteiger partial charge in [-0.3, -0.25) is 4.79 Å². The summed E-state index contributed by atoms with van der Waals surface area (Å²) in [6.45, 7) is 1.62. The lowest BCUT2D eigenvalue weighted by Crippen LogP contribution is -2.26. The maximum Gasteiger partial charge on any atom is 0.573 e. The quantitative estimate of drug-likeness (QED) is 0.477. The largest absolute Gasteiger partial charge is 0.573 e. The van der Waals surface area contributed by atoms with Gasteiger partial charge in [-0.15, -0.1) is 13.2 Å². The van der Waals surface area contributed by atoms with Gasteiger partial charge in [0.2, 0.25) is 0 Å². The molecule has 3 rings (SSSR count). The van der Waals surface area contributed by atoms with Gasteiger partial charge in [0.1, 0.15) is 5.75 Å². The molecule has 0 aromatic heterocycles. The highest BCUT2D eigenvalue weighted by Crippen LogP contribution is 2.36. The number of benzene rings is 2. The molecule has 33 heavy (non-hydrogen) atoms. The molecule has 180 valence electrons. The number of nitrogens with zero attached hydrogens (tertiary/aromatic N) is 1. The van der Waals surface area contributed by atoms with Crippen molar-refractivity contribution in [2.75, 3.05) is 34.4 Å². The number of aryl methyl sites for hydroxylation is 1. The number of methoxy groups -OCH3 is 2. The van der Waals surface area contributed by atoms with Crippen LogP contribution in [0, 0.1) is 5.92 Å². The summed E-state index contributed by atoms with van der Waals surface area (Å²) in [7, 11) is 5.16. The number of Topliss-reactive ketones (excluding diaryl/α,β-unsaturated/α-hetero) is 1. The average Bonchev–Trinajstić information content (AvgIpc) is 2.78. The number of hydrogen-bond acceptors (Lipinski definition) is 5. The summed E-state index contributed by atoms with van der Waals surface area (Å²) in [5.74, 6) is 1.18. The Hall–Kier alpha value is -2.74. The van der Waals surface area contributed by atoms with Gasteiger partial charge in [-0.25, -0.2) is 0 Å². The Bertz CT molecular complexity index is 944. The zero-order valence-corrected chi connectivity index (χ0v) is 19.2. The number of alkyl halides is 3. The van der Waals surface area contributed by atoms with E-state index in [1.165, 1.54) is 12.1 Å². The van der Waals surface area contributed by atoms with Crippen molar-refractivity contribution in [2.45, 2.75) is 38.5 Å². The monoisotopic (exact) mass is 465 g/mol. The highest BCUT2D eigenvalue weighted by molar-refractivity contribution is 6.00. The molecule has 1 atom stereocenters. The maximum atomic E-state index is 13.0. The van der Waals surface area contributed by atoms with Crippen LogP contribution in [0.15, 0.2) is 36.4 Å². The molecule has 0 saturated heterocycles. The molecular formula is C25H30F3NO4. The van der Waals surface area contributed by atoms with Gasteiger partial charge in [-0.2, -0.15) is 0 Å². The molecular weight excluding hydrogens is 435 g/mol. The second kappa shape index (κ2) is 10.9. The molecule has 5 nitrogen and oxygen atoms in total. The van der Waals surface area contributed by atoms with Crippen LogP contribution in [-0.4, -0.2) is 51.4 Å². The van der Waals surface area contributed by atoms with Crippen LogP contribution in [0.25, 0.3) is 0 Å². The third-order valence-electron chi connectivity index (χ3n) is 6.04. The molecule has 0 N–H and O–H groups in total. The van der Waals surface area contributed by atoms with Crippen molar-refractivity contribution in [1.29, 1.82) is 0 Å². The molecule has 8 heteroatoms. The Morgan fingerprint density at radius 3 is 2.33 bits per heavy atom. The van der Waals surface area contributed by atoms with E-state index in [-0.39, 0.29) is 17.5 Å². The highest BCUT2D eigenvalue weighted by atomic mass is 19.4. The number of ether oxygens (including phenoxy) is 3. The number of carbonyl (C=O) groups excluding carboxylic acids is 1. The van der Waals surface area contributed by atoms with Crippen LogP contribution in [0.1, 0.15) is 40.7 Å². The predicted molar refractivity (Wildman–Crippen MR) is 119 cm³/mol. The number of ketones is 1. The third kappa shape index (κ3) is 6.87. The van der Waals surface area contributed by atoms with Crippen molar-refractivity contribution >= 4 is 5.78 Å². The topological polar surface area (TPSA) is 48.0 Å². The number of hydrogen-bond donors (Lipinski definition) is 0. The SMILES string of the molecule is COc1cc2c(cc1OC)C(=O)C(CCCN(C)CCc1ccc(OC(F)(F)F)cc1)CC2. The van der Waals surface area contributed by atoms with Crippen LogP contribution < -0.4 is 14.2 Å². The van der Waals surface area contributed by atoms with Crippen LogP contribution in [-0.2, 0) is 12.8 Å². The van der Waals surface area contributed by atoms with E-state index < -0.39 is 6.36 Å². The van der Waals surface area contributed by atoms with Gasteiger partial charge in [0.05, 0.1) is 14.2 Å². The maximum absolute atomic E-state index is 13.0. The number of halogens is 3. The Balaban J connectivity index is 1.44. The molecule has 1 aliphatic rings. The van der Waals surface area contributed by atoms with Gasteiger partial charge < -0.3 is 19.1 Å². The average molecular weight is 466 g/mol. The summed E-state index contributed by atoms with van der Waals surface area (Å²) < 4.78 is 51.3. The zero-order chi connectivity index (χ0) is 24.0. The van der Waals surface area contributed by atoms with Crippen molar-refractivity contribution in [3.63, 3.8) is 0 Å². The summed E-state index contributed by atoms with van der Waals surface area (Å²) in [6, 6.07) is 9.66. The van der Waals surface area contributed by atoms with Crippen molar-refractivity contribution < 1.29 is 32.2 Å². The molecule has 0 saturated carbocycles. The van der Waals surface area contributed by atoms with Gasteiger partial charge >= 0.3 is 6.36 Å². The van der Waals surface area contributed by atoms with E-state index in [1.54, 1.807) is 32.4 Å². The zero-order valence-electron chi connectivity index (χ0n) is 19.2. The van der Waals surface area contributed by atoms with E-state index in [0.29, 0.717) is 11.5 Å². The van der Waals surface area contributed by atoms with Crippen LogP contribution in [0.5, 0.6) is 17.2 Å². The van der Waals surface area contributed by atoms with Gasteiger partial charge in [-0.05, 0) is 81.1 Å². The van der Waals surface area contributed by atoms with Crippen LogP contribution in [0.2, 0.25) is 0 Å². The Kier molecular flexibility index (Phi) is 8.24. The first-order chi connectivity index (χ1) is 15.7. The lowest BCUT2D eigenvalue weighted by atomic mass is 9.80. The number of carbonyl (C=O) groups is 1. The minimum Gasteiger partial charge on any atom is -0.493 e. The minimum absolute atomic E-state index is 0.00479. The lowest BCUT2D eigenvalue weighted by molar-refractivity contribution is -0.274. The van der Waals surface area contributed by atoms with Gasteiger partial charge in [-0.1, -0.05) is 12.1 Å². The summed E-state index contributed by atoms with van der Waals surface area (Å²) in [4.78, 5) is 15.2. The molecule has 0 bridgehead atoms. The molecule has 0 spiro atoms. The molecule has 0 aliphatic heterocycles. The lowest BCUT2D eigenvalue weighted by Gasteiger charge is -2.25. The summed E-state index contributed by atoms with van der Waals surface area (Å²) >= 11 is 0. The molecule has 0 heterocycles. The van der Waals surface area contributed by atoms with E-state index in [0.717, 1.165) is 61.9 Å². The number of fused-ring (bicyclic) bond motifs is 1. The molecule has 2 aromatic rings. The van der Waals surface area contributed by atoms with E-state index in [9.17, 15) is 18.0 Å². The van der Waals surface area contributed by atoms with Gasteiger partial charge in [0.15, 0.2) is 17.3 Å². The third-order valence-corrected chi connectivity index (χ3v) is 6.04. The van der Waals surface area contributed by atoms with E-state index >= 15 is 0 Å². The molecule has 1 aliphatic carbocycles. The minimum atomic E-state index is -4.68. The van der Waals surface area contributed by atoms with E-state index in [4.69, 9.17) is 9.47 Å². The van der Waals surface area contributed by atoms with Crippen LogP contribution in [0.3, 0.4) is 0 Å². The summed E-state index contributed by atoms with van der Waals surface area (Å²) in [5.41, 5.74) is 2.69.